The largest absolute Gasteiger partial charge is 0.493 e. The maximum absolute atomic E-state index is 14.3. The van der Waals surface area contributed by atoms with E-state index in [2.05, 4.69) is 19.9 Å². The normalized spacial score (nSPS) is 11.3. The molecule has 9 nitrogen and oxygen atoms in total. The molecule has 0 aliphatic carbocycles. The van der Waals surface area contributed by atoms with Crippen molar-refractivity contribution in [3.05, 3.63) is 86.6 Å². The molecule has 37 heavy (non-hydrogen) atoms. The third kappa shape index (κ3) is 4.28. The van der Waals surface area contributed by atoms with E-state index in [-0.39, 0.29) is 39.9 Å². The van der Waals surface area contributed by atoms with E-state index in [1.54, 1.807) is 0 Å². The lowest BCUT2D eigenvalue weighted by atomic mass is 10.0. The zero-order valence-corrected chi connectivity index (χ0v) is 20.1. The number of rotatable bonds is 7. The first kappa shape index (κ1) is 24.3. The molecule has 0 aliphatic heterocycles. The van der Waals surface area contributed by atoms with Gasteiger partial charge in [-0.2, -0.15) is 4.39 Å². The van der Waals surface area contributed by atoms with Crippen molar-refractivity contribution in [2.45, 2.75) is 6.61 Å². The van der Waals surface area contributed by atoms with Crippen molar-refractivity contribution >= 4 is 39.5 Å². The number of nitrogens with zero attached hydrogens (tertiary/aromatic N) is 2. The van der Waals surface area contributed by atoms with Gasteiger partial charge in [0.2, 0.25) is 11.6 Å². The molecule has 5 aromatic rings. The summed E-state index contributed by atoms with van der Waals surface area (Å²) in [5, 5.41) is 0.390. The van der Waals surface area contributed by atoms with Crippen LogP contribution in [0.15, 0.2) is 47.5 Å². The van der Waals surface area contributed by atoms with Gasteiger partial charge in [-0.05, 0) is 24.3 Å². The molecule has 0 unspecified atom stereocenters. The Kier molecular flexibility index (Phi) is 6.32. The lowest BCUT2D eigenvalue weighted by Gasteiger charge is -2.12. The molecular weight excluding hydrogens is 510 g/mol. The topological polar surface area (TPSA) is 119 Å². The van der Waals surface area contributed by atoms with Crippen LogP contribution in [-0.2, 0) is 11.3 Å². The second kappa shape index (κ2) is 9.60. The number of fused-ring (bicyclic) bond motifs is 3. The number of ether oxygens (including phenoxy) is 3. The third-order valence-electron chi connectivity index (χ3n) is 5.60. The van der Waals surface area contributed by atoms with Crippen LogP contribution in [0.2, 0.25) is 5.02 Å². The molecular formula is C25H17ClF2N4O5. The Morgan fingerprint density at radius 3 is 2.68 bits per heavy atom. The summed E-state index contributed by atoms with van der Waals surface area (Å²) in [6.07, 6.45) is 2.91. The van der Waals surface area contributed by atoms with E-state index < -0.39 is 28.7 Å². The first-order valence-corrected chi connectivity index (χ1v) is 11.1. The predicted octanol–water partition coefficient (Wildman–Crippen LogP) is 4.91. The van der Waals surface area contributed by atoms with Crippen LogP contribution in [0.4, 0.5) is 8.78 Å². The molecule has 0 bridgehead atoms. The van der Waals surface area contributed by atoms with Gasteiger partial charge in [0.1, 0.15) is 22.6 Å². The fourth-order valence-electron chi connectivity index (χ4n) is 3.86. The molecule has 12 heteroatoms. The minimum absolute atomic E-state index is 0.00209. The van der Waals surface area contributed by atoms with Gasteiger partial charge in [0.25, 0.3) is 5.56 Å². The highest BCUT2D eigenvalue weighted by Crippen LogP contribution is 2.37. The number of H-pyrrole nitrogens is 2. The predicted molar refractivity (Wildman–Crippen MR) is 131 cm³/mol. The van der Waals surface area contributed by atoms with E-state index in [1.807, 2.05) is 0 Å². The number of carbonyl (C=O) groups excluding carboxylic acids is 1. The fourth-order valence-corrected chi connectivity index (χ4v) is 4.11. The monoisotopic (exact) mass is 526 g/mol. The van der Waals surface area contributed by atoms with Crippen molar-refractivity contribution < 1.29 is 27.8 Å². The van der Waals surface area contributed by atoms with Crippen molar-refractivity contribution in [3.63, 3.8) is 0 Å². The van der Waals surface area contributed by atoms with E-state index in [1.165, 1.54) is 50.9 Å². The summed E-state index contributed by atoms with van der Waals surface area (Å²) in [5.41, 5.74) is 1.11. The van der Waals surface area contributed by atoms with Gasteiger partial charge >= 0.3 is 0 Å². The number of carbonyl (C=O) groups is 1. The SMILES string of the molecule is COCc1nc2c(cnc3[nH]cc(C(=O)c4ccc(Oc5c(OC)ccc(F)c5F)cc4Cl)c32)[nH]c1=O. The van der Waals surface area contributed by atoms with Crippen LogP contribution in [-0.4, -0.2) is 39.9 Å². The van der Waals surface area contributed by atoms with Crippen molar-refractivity contribution in [1.82, 2.24) is 19.9 Å². The molecule has 0 radical (unpaired) electrons. The summed E-state index contributed by atoms with van der Waals surface area (Å²) in [6, 6.07) is 6.23. The van der Waals surface area contributed by atoms with E-state index in [0.29, 0.717) is 22.1 Å². The van der Waals surface area contributed by atoms with Gasteiger partial charge < -0.3 is 24.2 Å². The molecule has 0 saturated carbocycles. The van der Waals surface area contributed by atoms with Gasteiger partial charge in [0.05, 0.1) is 41.4 Å². The Labute approximate surface area is 212 Å². The highest BCUT2D eigenvalue weighted by molar-refractivity contribution is 6.36. The summed E-state index contributed by atoms with van der Waals surface area (Å²) in [5.74, 6) is -3.23. The van der Waals surface area contributed by atoms with Gasteiger partial charge in [0.15, 0.2) is 17.3 Å². The Bertz CT molecular complexity index is 1750. The lowest BCUT2D eigenvalue weighted by molar-refractivity contribution is 0.104. The van der Waals surface area contributed by atoms with Crippen LogP contribution in [0.1, 0.15) is 21.6 Å². The maximum atomic E-state index is 14.3. The van der Waals surface area contributed by atoms with E-state index in [9.17, 15) is 18.4 Å². The lowest BCUT2D eigenvalue weighted by Crippen LogP contribution is -2.16. The molecule has 0 saturated heterocycles. The minimum Gasteiger partial charge on any atom is -0.493 e. The Morgan fingerprint density at radius 2 is 1.95 bits per heavy atom. The molecule has 188 valence electrons. The van der Waals surface area contributed by atoms with Crippen LogP contribution < -0.4 is 15.0 Å². The van der Waals surface area contributed by atoms with Crippen molar-refractivity contribution in [2.24, 2.45) is 0 Å². The van der Waals surface area contributed by atoms with Gasteiger partial charge in [-0.1, -0.05) is 11.6 Å². The second-order valence-electron chi connectivity index (χ2n) is 7.86. The average molecular weight is 527 g/mol. The number of pyridine rings is 1. The number of hydrogen-bond acceptors (Lipinski definition) is 7. The quantitative estimate of drug-likeness (QED) is 0.289. The van der Waals surface area contributed by atoms with Gasteiger partial charge in [-0.15, -0.1) is 0 Å². The molecule has 0 fully saturated rings. The summed E-state index contributed by atoms with van der Waals surface area (Å²) in [4.78, 5) is 40.0. The Morgan fingerprint density at radius 1 is 1.14 bits per heavy atom. The van der Waals surface area contributed by atoms with E-state index in [4.69, 9.17) is 25.8 Å². The van der Waals surface area contributed by atoms with E-state index in [0.717, 1.165) is 6.07 Å². The number of aromatic amines is 2. The number of halogens is 3. The molecule has 2 N–H and O–H groups in total. The smallest absolute Gasteiger partial charge is 0.272 e. The van der Waals surface area contributed by atoms with Crippen molar-refractivity contribution in [1.29, 1.82) is 0 Å². The molecule has 3 aromatic heterocycles. The van der Waals surface area contributed by atoms with Crippen LogP contribution in [0.5, 0.6) is 17.2 Å². The first-order chi connectivity index (χ1) is 17.8. The Hall–Kier alpha value is -4.35. The standard InChI is InChI=1S/C25H17ClF2N4O5/c1-35-10-17-25(34)32-16-9-30-24-19(21(16)31-17)13(8-29-24)22(33)12-4-3-11(7-14(12)26)37-23-18(36-2)6-5-15(27)20(23)28/h3-9H,10H2,1-2H3,(H,29,30)(H,32,34). The number of methoxy groups -OCH3 is 2. The molecule has 2 aromatic carbocycles. The van der Waals surface area contributed by atoms with Crippen LogP contribution in [0.25, 0.3) is 22.1 Å². The number of benzene rings is 2. The molecule has 0 aliphatic rings. The van der Waals surface area contributed by atoms with Gasteiger partial charge in [-0.3, -0.25) is 9.59 Å². The molecule has 0 amide bonds. The Balaban J connectivity index is 1.55. The molecule has 5 rings (SSSR count). The third-order valence-corrected chi connectivity index (χ3v) is 5.91. The highest BCUT2D eigenvalue weighted by atomic mass is 35.5. The number of nitrogens with one attached hydrogen (secondary N) is 2. The van der Waals surface area contributed by atoms with Crippen LogP contribution in [0.3, 0.4) is 0 Å². The molecule has 0 spiro atoms. The zero-order chi connectivity index (χ0) is 26.3. The van der Waals surface area contributed by atoms with Crippen molar-refractivity contribution in [2.75, 3.05) is 14.2 Å². The highest BCUT2D eigenvalue weighted by Gasteiger charge is 2.22. The van der Waals surface area contributed by atoms with Crippen molar-refractivity contribution in [3.8, 4) is 17.2 Å². The van der Waals surface area contributed by atoms with Gasteiger partial charge in [0, 0.05) is 24.9 Å². The van der Waals surface area contributed by atoms with Gasteiger partial charge in [-0.25, -0.2) is 14.4 Å². The molecule has 0 atom stereocenters. The summed E-state index contributed by atoms with van der Waals surface area (Å²) >= 11 is 6.40. The number of ketones is 1. The first-order valence-electron chi connectivity index (χ1n) is 10.7. The van der Waals surface area contributed by atoms with E-state index >= 15 is 0 Å². The summed E-state index contributed by atoms with van der Waals surface area (Å²) < 4.78 is 43.6. The number of aromatic nitrogens is 4. The average Bonchev–Trinajstić information content (AvgIpc) is 3.32. The molecule has 3 heterocycles. The van der Waals surface area contributed by atoms with Crippen LogP contribution in [0, 0.1) is 11.6 Å². The summed E-state index contributed by atoms with van der Waals surface area (Å²) in [7, 11) is 2.73. The summed E-state index contributed by atoms with van der Waals surface area (Å²) in [6.45, 7) is -0.0211. The minimum atomic E-state index is -1.23. The number of hydrogen-bond donors (Lipinski definition) is 2. The zero-order valence-electron chi connectivity index (χ0n) is 19.3. The second-order valence-corrected chi connectivity index (χ2v) is 8.26. The fraction of sp³-hybridized carbons (Fsp3) is 0.120. The maximum Gasteiger partial charge on any atom is 0.272 e. The van der Waals surface area contributed by atoms with Crippen LogP contribution >= 0.6 is 11.6 Å².